The summed E-state index contributed by atoms with van der Waals surface area (Å²) in [5.74, 6) is -0.825. The van der Waals surface area contributed by atoms with Gasteiger partial charge in [-0.1, -0.05) is 35.3 Å². The smallest absolute Gasteiger partial charge is 0.255 e. The Bertz CT molecular complexity index is 905. The van der Waals surface area contributed by atoms with E-state index in [-0.39, 0.29) is 13.1 Å². The Morgan fingerprint density at radius 3 is 2.48 bits per heavy atom. The minimum Gasteiger partial charge on any atom is -0.493 e. The molecule has 0 saturated carbocycles. The summed E-state index contributed by atoms with van der Waals surface area (Å²) < 4.78 is 5.41. The van der Waals surface area contributed by atoms with Crippen molar-refractivity contribution in [3.8, 4) is 5.75 Å². The number of anilines is 1. The first-order valence-electron chi connectivity index (χ1n) is 8.80. The molecule has 0 aliphatic heterocycles. The molecule has 9 heteroatoms. The summed E-state index contributed by atoms with van der Waals surface area (Å²) in [5.41, 5.74) is 0.799. The van der Waals surface area contributed by atoms with E-state index in [1.807, 2.05) is 6.92 Å². The first-order chi connectivity index (χ1) is 13.8. The van der Waals surface area contributed by atoms with Gasteiger partial charge in [0.15, 0.2) is 0 Å². The van der Waals surface area contributed by atoms with Crippen LogP contribution in [0.2, 0.25) is 10.0 Å². The van der Waals surface area contributed by atoms with E-state index in [2.05, 4.69) is 10.6 Å². The van der Waals surface area contributed by atoms with Gasteiger partial charge in [0.2, 0.25) is 11.8 Å². The molecule has 0 heterocycles. The Labute approximate surface area is 178 Å². The lowest BCUT2D eigenvalue weighted by atomic mass is 10.2. The van der Waals surface area contributed by atoms with Gasteiger partial charge in [0.25, 0.3) is 5.91 Å². The van der Waals surface area contributed by atoms with Gasteiger partial charge < -0.3 is 20.3 Å². The molecular formula is C20H21Cl2N3O4. The highest BCUT2D eigenvalue weighted by molar-refractivity contribution is 6.42. The number of para-hydroxylation sites is 1. The van der Waals surface area contributed by atoms with Crippen LogP contribution in [0, 0.1) is 0 Å². The first kappa shape index (κ1) is 22.5. The van der Waals surface area contributed by atoms with Crippen molar-refractivity contribution in [1.82, 2.24) is 10.2 Å². The lowest BCUT2D eigenvalue weighted by Gasteiger charge is -2.17. The molecule has 2 N–H and O–H groups in total. The predicted molar refractivity (Wildman–Crippen MR) is 113 cm³/mol. The summed E-state index contributed by atoms with van der Waals surface area (Å²) in [6.45, 7) is 1.79. The van der Waals surface area contributed by atoms with E-state index in [1.165, 1.54) is 18.0 Å². The maximum absolute atomic E-state index is 12.3. The Morgan fingerprint density at radius 1 is 1.07 bits per heavy atom. The Balaban J connectivity index is 1.86. The normalized spacial score (nSPS) is 10.2. The van der Waals surface area contributed by atoms with E-state index in [0.717, 1.165) is 0 Å². The van der Waals surface area contributed by atoms with Gasteiger partial charge in [-0.15, -0.1) is 0 Å². The molecule has 2 aromatic rings. The molecule has 0 fully saturated rings. The van der Waals surface area contributed by atoms with Crippen molar-refractivity contribution < 1.29 is 19.1 Å². The fourth-order valence-corrected chi connectivity index (χ4v) is 2.70. The van der Waals surface area contributed by atoms with Gasteiger partial charge in [-0.3, -0.25) is 14.4 Å². The van der Waals surface area contributed by atoms with E-state index < -0.39 is 17.7 Å². The number of benzene rings is 2. The van der Waals surface area contributed by atoms with Gasteiger partial charge in [-0.05, 0) is 37.3 Å². The third kappa shape index (κ3) is 6.66. The topological polar surface area (TPSA) is 87.7 Å². The summed E-state index contributed by atoms with van der Waals surface area (Å²) in [4.78, 5) is 37.9. The SMILES string of the molecule is CCOc1ccccc1C(=O)NCC(=O)N(C)CC(=O)Nc1ccc(Cl)c(Cl)c1. The monoisotopic (exact) mass is 437 g/mol. The van der Waals surface area contributed by atoms with Crippen LogP contribution in [0.4, 0.5) is 5.69 Å². The number of ether oxygens (including phenoxy) is 1. The molecule has 2 rings (SSSR count). The average molecular weight is 438 g/mol. The molecule has 7 nitrogen and oxygen atoms in total. The third-order valence-electron chi connectivity index (χ3n) is 3.84. The zero-order valence-corrected chi connectivity index (χ0v) is 17.5. The largest absolute Gasteiger partial charge is 0.493 e. The van der Waals surface area contributed by atoms with Crippen LogP contribution in [-0.4, -0.2) is 49.4 Å². The number of likely N-dealkylation sites (N-methyl/N-ethyl adjacent to an activating group) is 1. The van der Waals surface area contributed by atoms with Crippen molar-refractivity contribution in [3.05, 3.63) is 58.1 Å². The van der Waals surface area contributed by atoms with Crippen LogP contribution in [0.5, 0.6) is 5.75 Å². The van der Waals surface area contributed by atoms with Gasteiger partial charge in [-0.25, -0.2) is 0 Å². The number of hydrogen-bond acceptors (Lipinski definition) is 4. The van der Waals surface area contributed by atoms with Crippen molar-refractivity contribution in [1.29, 1.82) is 0 Å². The second kappa shape index (κ2) is 10.7. The fraction of sp³-hybridized carbons (Fsp3) is 0.250. The summed E-state index contributed by atoms with van der Waals surface area (Å²) >= 11 is 11.7. The molecule has 0 aliphatic carbocycles. The second-order valence-electron chi connectivity index (χ2n) is 6.04. The molecule has 0 radical (unpaired) electrons. The quantitative estimate of drug-likeness (QED) is 0.663. The predicted octanol–water partition coefficient (Wildman–Crippen LogP) is 3.22. The van der Waals surface area contributed by atoms with Crippen molar-refractivity contribution >= 4 is 46.6 Å². The number of nitrogens with one attached hydrogen (secondary N) is 2. The van der Waals surface area contributed by atoms with Crippen molar-refractivity contribution in [3.63, 3.8) is 0 Å². The minimum absolute atomic E-state index is 0.190. The van der Waals surface area contributed by atoms with E-state index in [1.54, 1.807) is 36.4 Å². The number of carbonyl (C=O) groups excluding carboxylic acids is 3. The van der Waals surface area contributed by atoms with Gasteiger partial charge in [-0.2, -0.15) is 0 Å². The Hall–Kier alpha value is -2.77. The summed E-state index contributed by atoms with van der Waals surface area (Å²) in [6, 6.07) is 11.4. The third-order valence-corrected chi connectivity index (χ3v) is 4.58. The van der Waals surface area contributed by atoms with Crippen molar-refractivity contribution in [2.24, 2.45) is 0 Å². The molecule has 0 atom stereocenters. The number of rotatable bonds is 8. The highest BCUT2D eigenvalue weighted by atomic mass is 35.5. The number of amides is 3. The highest BCUT2D eigenvalue weighted by Gasteiger charge is 2.17. The van der Waals surface area contributed by atoms with Crippen molar-refractivity contribution in [2.45, 2.75) is 6.92 Å². The second-order valence-corrected chi connectivity index (χ2v) is 6.85. The van der Waals surface area contributed by atoms with Crippen LogP contribution in [0.25, 0.3) is 0 Å². The number of hydrogen-bond donors (Lipinski definition) is 2. The summed E-state index contributed by atoms with van der Waals surface area (Å²) in [5, 5.41) is 5.85. The summed E-state index contributed by atoms with van der Waals surface area (Å²) in [7, 11) is 1.47. The van der Waals surface area contributed by atoms with Crippen molar-refractivity contribution in [2.75, 3.05) is 32.1 Å². The first-order valence-corrected chi connectivity index (χ1v) is 9.56. The van der Waals surface area contributed by atoms with E-state index in [4.69, 9.17) is 27.9 Å². The van der Waals surface area contributed by atoms with E-state index >= 15 is 0 Å². The van der Waals surface area contributed by atoms with E-state index in [9.17, 15) is 14.4 Å². The van der Waals surface area contributed by atoms with Gasteiger partial charge in [0.1, 0.15) is 5.75 Å². The van der Waals surface area contributed by atoms with Crippen LogP contribution < -0.4 is 15.4 Å². The van der Waals surface area contributed by atoms with Crippen LogP contribution in [-0.2, 0) is 9.59 Å². The lowest BCUT2D eigenvalue weighted by molar-refractivity contribution is -0.132. The fourth-order valence-electron chi connectivity index (χ4n) is 2.40. The molecule has 2 aromatic carbocycles. The number of halogens is 2. The minimum atomic E-state index is -0.434. The van der Waals surface area contributed by atoms with Crippen LogP contribution in [0.1, 0.15) is 17.3 Å². The Morgan fingerprint density at radius 2 is 1.79 bits per heavy atom. The molecule has 29 heavy (non-hydrogen) atoms. The highest BCUT2D eigenvalue weighted by Crippen LogP contribution is 2.25. The Kier molecular flexibility index (Phi) is 8.30. The van der Waals surface area contributed by atoms with Gasteiger partial charge in [0, 0.05) is 12.7 Å². The van der Waals surface area contributed by atoms with Gasteiger partial charge >= 0.3 is 0 Å². The molecule has 0 unspecified atom stereocenters. The number of nitrogens with zero attached hydrogens (tertiary/aromatic N) is 1. The van der Waals surface area contributed by atoms with Gasteiger partial charge in [0.05, 0.1) is 35.3 Å². The lowest BCUT2D eigenvalue weighted by Crippen LogP contribution is -2.41. The van der Waals surface area contributed by atoms with E-state index in [0.29, 0.717) is 33.7 Å². The zero-order chi connectivity index (χ0) is 21.4. The standard InChI is InChI=1S/C20H21Cl2N3O4/c1-3-29-17-7-5-4-6-14(17)20(28)23-11-19(27)25(2)12-18(26)24-13-8-9-15(21)16(22)10-13/h4-10H,3,11-12H2,1-2H3,(H,23,28)(H,24,26). The maximum Gasteiger partial charge on any atom is 0.255 e. The molecule has 0 saturated heterocycles. The summed E-state index contributed by atoms with van der Waals surface area (Å²) in [6.07, 6.45) is 0. The van der Waals surface area contributed by atoms with Crippen LogP contribution in [0.3, 0.4) is 0 Å². The van der Waals surface area contributed by atoms with Crippen LogP contribution >= 0.6 is 23.2 Å². The number of carbonyl (C=O) groups is 3. The maximum atomic E-state index is 12.3. The molecule has 0 bridgehead atoms. The zero-order valence-electron chi connectivity index (χ0n) is 16.0. The molecule has 0 spiro atoms. The molecule has 3 amide bonds. The van der Waals surface area contributed by atoms with Crippen LogP contribution in [0.15, 0.2) is 42.5 Å². The molecule has 154 valence electrons. The molecular weight excluding hydrogens is 417 g/mol. The average Bonchev–Trinajstić information content (AvgIpc) is 2.69. The molecule has 0 aliphatic rings. The molecule has 0 aromatic heterocycles.